The first-order chi connectivity index (χ1) is 10.1. The SMILES string of the molecule is CC(Sc1ccccc1Cl)C(=O)N1CC2CCC(N)C2C1. The lowest BCUT2D eigenvalue weighted by Gasteiger charge is -2.22. The monoisotopic (exact) mass is 324 g/mol. The fourth-order valence-electron chi connectivity index (χ4n) is 3.53. The average Bonchev–Trinajstić information content (AvgIpc) is 3.03. The summed E-state index contributed by atoms with van der Waals surface area (Å²) in [4.78, 5) is 15.6. The van der Waals surface area contributed by atoms with Gasteiger partial charge in [-0.15, -0.1) is 11.8 Å². The highest BCUT2D eigenvalue weighted by Gasteiger charge is 2.43. The fourth-order valence-corrected chi connectivity index (χ4v) is 4.76. The van der Waals surface area contributed by atoms with Crippen LogP contribution in [0.3, 0.4) is 0 Å². The van der Waals surface area contributed by atoms with E-state index in [2.05, 4.69) is 0 Å². The van der Waals surface area contributed by atoms with Crippen molar-refractivity contribution in [3.63, 3.8) is 0 Å². The van der Waals surface area contributed by atoms with E-state index in [0.29, 0.717) is 16.9 Å². The molecule has 4 unspecified atom stereocenters. The molecule has 1 aliphatic carbocycles. The summed E-state index contributed by atoms with van der Waals surface area (Å²) in [6, 6.07) is 7.96. The number of carbonyl (C=O) groups is 1. The van der Waals surface area contributed by atoms with E-state index in [1.165, 1.54) is 18.2 Å². The topological polar surface area (TPSA) is 46.3 Å². The molecule has 1 aromatic carbocycles. The van der Waals surface area contributed by atoms with E-state index < -0.39 is 0 Å². The van der Waals surface area contributed by atoms with Crippen molar-refractivity contribution in [3.05, 3.63) is 29.3 Å². The van der Waals surface area contributed by atoms with Crippen LogP contribution in [0.4, 0.5) is 0 Å². The number of rotatable bonds is 3. The first-order valence-electron chi connectivity index (χ1n) is 7.52. The van der Waals surface area contributed by atoms with Gasteiger partial charge in [-0.25, -0.2) is 0 Å². The summed E-state index contributed by atoms with van der Waals surface area (Å²) >= 11 is 7.71. The van der Waals surface area contributed by atoms with Gasteiger partial charge >= 0.3 is 0 Å². The third kappa shape index (κ3) is 3.08. The first-order valence-corrected chi connectivity index (χ1v) is 8.77. The zero-order valence-corrected chi connectivity index (χ0v) is 13.7. The number of halogens is 1. The van der Waals surface area contributed by atoms with Crippen LogP contribution in [0.1, 0.15) is 19.8 Å². The zero-order valence-electron chi connectivity index (χ0n) is 12.2. The third-order valence-electron chi connectivity index (χ3n) is 4.71. The van der Waals surface area contributed by atoms with E-state index in [4.69, 9.17) is 17.3 Å². The van der Waals surface area contributed by atoms with E-state index >= 15 is 0 Å². The predicted octanol–water partition coefficient (Wildman–Crippen LogP) is 3.02. The van der Waals surface area contributed by atoms with Gasteiger partial charge in [-0.1, -0.05) is 23.7 Å². The largest absolute Gasteiger partial charge is 0.341 e. The molecule has 21 heavy (non-hydrogen) atoms. The lowest BCUT2D eigenvalue weighted by atomic mass is 9.98. The lowest BCUT2D eigenvalue weighted by Crippen LogP contribution is -2.37. The summed E-state index contributed by atoms with van der Waals surface area (Å²) in [6.07, 6.45) is 2.28. The highest BCUT2D eigenvalue weighted by Crippen LogP contribution is 2.38. The minimum atomic E-state index is -0.111. The van der Waals surface area contributed by atoms with Crippen molar-refractivity contribution in [1.29, 1.82) is 0 Å². The van der Waals surface area contributed by atoms with Gasteiger partial charge in [-0.2, -0.15) is 0 Å². The van der Waals surface area contributed by atoms with Gasteiger partial charge in [0.2, 0.25) is 5.91 Å². The number of thioether (sulfide) groups is 1. The number of hydrogen-bond donors (Lipinski definition) is 1. The molecule has 1 saturated heterocycles. The van der Waals surface area contributed by atoms with Crippen LogP contribution in [0, 0.1) is 11.8 Å². The quantitative estimate of drug-likeness (QED) is 0.869. The van der Waals surface area contributed by atoms with Crippen LogP contribution in [-0.2, 0) is 4.79 Å². The normalized spacial score (nSPS) is 29.5. The van der Waals surface area contributed by atoms with Crippen LogP contribution in [0.15, 0.2) is 29.2 Å². The molecular formula is C16H21ClN2OS. The highest BCUT2D eigenvalue weighted by molar-refractivity contribution is 8.00. The molecule has 0 radical (unpaired) electrons. The number of amides is 1. The Morgan fingerprint density at radius 3 is 2.86 bits per heavy atom. The Morgan fingerprint density at radius 2 is 2.14 bits per heavy atom. The third-order valence-corrected chi connectivity index (χ3v) is 6.32. The number of likely N-dealkylation sites (tertiary alicyclic amines) is 1. The summed E-state index contributed by atoms with van der Waals surface area (Å²) in [5.74, 6) is 1.33. The zero-order chi connectivity index (χ0) is 15.0. The Kier molecular flexibility index (Phi) is 4.48. The van der Waals surface area contributed by atoms with Crippen LogP contribution in [0.5, 0.6) is 0 Å². The van der Waals surface area contributed by atoms with Crippen molar-refractivity contribution in [1.82, 2.24) is 4.90 Å². The van der Waals surface area contributed by atoms with Crippen molar-refractivity contribution in [3.8, 4) is 0 Å². The summed E-state index contributed by atoms with van der Waals surface area (Å²) < 4.78 is 0. The molecule has 5 heteroatoms. The Bertz CT molecular complexity index is 539. The van der Waals surface area contributed by atoms with E-state index in [-0.39, 0.29) is 17.2 Å². The molecule has 2 N–H and O–H groups in total. The number of fused-ring (bicyclic) bond motifs is 1. The second-order valence-electron chi connectivity index (χ2n) is 6.10. The van der Waals surface area contributed by atoms with Crippen LogP contribution < -0.4 is 5.73 Å². The molecule has 2 aliphatic rings. The second kappa shape index (κ2) is 6.19. The smallest absolute Gasteiger partial charge is 0.235 e. The Morgan fingerprint density at radius 1 is 1.38 bits per heavy atom. The van der Waals surface area contributed by atoms with Gasteiger partial charge in [0.25, 0.3) is 0 Å². The number of benzene rings is 1. The van der Waals surface area contributed by atoms with Crippen molar-refractivity contribution >= 4 is 29.3 Å². The predicted molar refractivity (Wildman–Crippen MR) is 87.5 cm³/mol. The molecule has 1 aromatic rings. The first kappa shape index (κ1) is 15.2. The molecule has 114 valence electrons. The number of nitrogens with two attached hydrogens (primary N) is 1. The van der Waals surface area contributed by atoms with Crippen molar-refractivity contribution in [2.45, 2.75) is 36.0 Å². The number of nitrogens with zero attached hydrogens (tertiary/aromatic N) is 1. The molecule has 4 atom stereocenters. The summed E-state index contributed by atoms with van der Waals surface area (Å²) in [6.45, 7) is 3.67. The van der Waals surface area contributed by atoms with Gasteiger partial charge in [-0.05, 0) is 43.7 Å². The van der Waals surface area contributed by atoms with Crippen LogP contribution in [0.2, 0.25) is 5.02 Å². The van der Waals surface area contributed by atoms with Crippen molar-refractivity contribution in [2.75, 3.05) is 13.1 Å². The van der Waals surface area contributed by atoms with Crippen LogP contribution in [-0.4, -0.2) is 35.2 Å². The number of carbonyl (C=O) groups excluding carboxylic acids is 1. The molecule has 1 saturated carbocycles. The molecule has 0 aromatic heterocycles. The van der Waals surface area contributed by atoms with E-state index in [0.717, 1.165) is 24.4 Å². The maximum Gasteiger partial charge on any atom is 0.235 e. The van der Waals surface area contributed by atoms with E-state index in [1.54, 1.807) is 0 Å². The minimum Gasteiger partial charge on any atom is -0.341 e. The van der Waals surface area contributed by atoms with Crippen LogP contribution >= 0.6 is 23.4 Å². The van der Waals surface area contributed by atoms with Gasteiger partial charge in [-0.3, -0.25) is 4.79 Å². The molecule has 0 spiro atoms. The molecule has 1 heterocycles. The van der Waals surface area contributed by atoms with Gasteiger partial charge in [0.15, 0.2) is 0 Å². The minimum absolute atomic E-state index is 0.111. The molecule has 0 bridgehead atoms. The lowest BCUT2D eigenvalue weighted by molar-refractivity contribution is -0.129. The van der Waals surface area contributed by atoms with Gasteiger partial charge in [0.05, 0.1) is 10.3 Å². The molecule has 1 amide bonds. The maximum atomic E-state index is 12.6. The molecule has 2 fully saturated rings. The average molecular weight is 325 g/mol. The maximum absolute atomic E-state index is 12.6. The number of hydrogen-bond acceptors (Lipinski definition) is 3. The van der Waals surface area contributed by atoms with E-state index in [1.807, 2.05) is 36.1 Å². The van der Waals surface area contributed by atoms with E-state index in [9.17, 15) is 4.79 Å². The van der Waals surface area contributed by atoms with Gasteiger partial charge in [0, 0.05) is 24.0 Å². The standard InChI is InChI=1S/C16H21ClN2OS/c1-10(21-15-5-3-2-4-13(15)17)16(20)19-8-11-6-7-14(18)12(11)9-19/h2-5,10-12,14H,6-9,18H2,1H3. The molecular weight excluding hydrogens is 304 g/mol. The van der Waals surface area contributed by atoms with Crippen molar-refractivity contribution < 1.29 is 4.79 Å². The molecule has 3 rings (SSSR count). The second-order valence-corrected chi connectivity index (χ2v) is 7.89. The van der Waals surface area contributed by atoms with Gasteiger partial charge in [0.1, 0.15) is 0 Å². The van der Waals surface area contributed by atoms with Crippen molar-refractivity contribution in [2.24, 2.45) is 17.6 Å². The summed E-state index contributed by atoms with van der Waals surface area (Å²) in [7, 11) is 0. The Hall–Kier alpha value is -0.710. The molecule has 3 nitrogen and oxygen atoms in total. The Labute approximate surface area is 135 Å². The fraction of sp³-hybridized carbons (Fsp3) is 0.562. The summed E-state index contributed by atoms with van der Waals surface area (Å²) in [5, 5.41) is 0.599. The van der Waals surface area contributed by atoms with Gasteiger partial charge < -0.3 is 10.6 Å². The Balaban J connectivity index is 1.62. The molecule has 1 aliphatic heterocycles. The van der Waals surface area contributed by atoms with Crippen LogP contribution in [0.25, 0.3) is 0 Å². The highest BCUT2D eigenvalue weighted by atomic mass is 35.5. The summed E-state index contributed by atoms with van der Waals surface area (Å²) in [5.41, 5.74) is 6.14.